The Hall–Kier alpha value is -2.08. The van der Waals surface area contributed by atoms with E-state index in [-0.39, 0.29) is 11.1 Å². The van der Waals surface area contributed by atoms with E-state index >= 15 is 0 Å². The molecule has 21 heavy (non-hydrogen) atoms. The molecule has 0 aliphatic heterocycles. The van der Waals surface area contributed by atoms with Crippen LogP contribution in [0.15, 0.2) is 24.4 Å². The number of nitrogens with one attached hydrogen (secondary N) is 1. The van der Waals surface area contributed by atoms with Gasteiger partial charge in [0.1, 0.15) is 11.5 Å². The molecule has 1 heterocycles. The van der Waals surface area contributed by atoms with E-state index in [4.69, 9.17) is 21.1 Å². The van der Waals surface area contributed by atoms with Gasteiger partial charge in [0.05, 0.1) is 25.1 Å². The lowest BCUT2D eigenvalue weighted by atomic mass is 10.2. The van der Waals surface area contributed by atoms with Crippen molar-refractivity contribution in [1.82, 2.24) is 9.97 Å². The second kappa shape index (κ2) is 7.08. The van der Waals surface area contributed by atoms with Crippen LogP contribution in [0.3, 0.4) is 0 Å². The van der Waals surface area contributed by atoms with Gasteiger partial charge in [-0.3, -0.25) is 0 Å². The number of hydrogen-bond acceptors (Lipinski definition) is 5. The summed E-state index contributed by atoms with van der Waals surface area (Å²) in [4.78, 5) is 7.39. The second-order valence-electron chi connectivity index (χ2n) is 3.98. The summed E-state index contributed by atoms with van der Waals surface area (Å²) in [6.45, 7) is 4.76. The average Bonchev–Trinajstić information content (AvgIpc) is 2.46. The van der Waals surface area contributed by atoms with E-state index in [2.05, 4.69) is 15.3 Å². The van der Waals surface area contributed by atoms with Gasteiger partial charge in [0.15, 0.2) is 11.6 Å². The Bertz CT molecular complexity index is 625. The Morgan fingerprint density at radius 1 is 1.24 bits per heavy atom. The molecule has 0 atom stereocenters. The molecule has 0 saturated carbocycles. The van der Waals surface area contributed by atoms with Crippen LogP contribution >= 0.6 is 11.6 Å². The molecule has 1 aromatic heterocycles. The molecule has 0 amide bonds. The van der Waals surface area contributed by atoms with Crippen LogP contribution in [0.25, 0.3) is 0 Å². The molecule has 1 aromatic carbocycles. The maximum atomic E-state index is 13.7. The first kappa shape index (κ1) is 15.3. The largest absolute Gasteiger partial charge is 0.494 e. The lowest BCUT2D eigenvalue weighted by Gasteiger charge is -2.14. The van der Waals surface area contributed by atoms with Crippen LogP contribution in [0.4, 0.5) is 15.9 Å². The number of halogens is 2. The first-order chi connectivity index (χ1) is 10.1. The minimum absolute atomic E-state index is 0.0235. The predicted octanol–water partition coefficient (Wildman–Crippen LogP) is 3.81. The number of anilines is 2. The highest BCUT2D eigenvalue weighted by Crippen LogP contribution is 2.32. The van der Waals surface area contributed by atoms with Gasteiger partial charge in [-0.2, -0.15) is 4.98 Å². The van der Waals surface area contributed by atoms with Crippen molar-refractivity contribution in [3.63, 3.8) is 0 Å². The third kappa shape index (κ3) is 3.95. The SMILES string of the molecule is CCOc1ccc(OCC)c(Nc2nc(Cl)ncc2F)c1. The van der Waals surface area contributed by atoms with E-state index in [0.29, 0.717) is 30.4 Å². The van der Waals surface area contributed by atoms with Crippen LogP contribution in [0.1, 0.15) is 13.8 Å². The van der Waals surface area contributed by atoms with Crippen molar-refractivity contribution in [2.75, 3.05) is 18.5 Å². The monoisotopic (exact) mass is 311 g/mol. The summed E-state index contributed by atoms with van der Waals surface area (Å²) >= 11 is 5.68. The third-order valence-electron chi connectivity index (χ3n) is 2.53. The Kier molecular flexibility index (Phi) is 5.16. The van der Waals surface area contributed by atoms with Gasteiger partial charge in [-0.05, 0) is 37.6 Å². The molecule has 1 N–H and O–H groups in total. The van der Waals surface area contributed by atoms with E-state index in [0.717, 1.165) is 6.20 Å². The molecule has 0 bridgehead atoms. The Morgan fingerprint density at radius 3 is 2.71 bits per heavy atom. The van der Waals surface area contributed by atoms with Crippen LogP contribution in [0, 0.1) is 5.82 Å². The van der Waals surface area contributed by atoms with E-state index in [9.17, 15) is 4.39 Å². The minimum atomic E-state index is -0.608. The van der Waals surface area contributed by atoms with E-state index in [1.807, 2.05) is 13.8 Å². The maximum absolute atomic E-state index is 13.7. The van der Waals surface area contributed by atoms with Crippen molar-refractivity contribution in [2.24, 2.45) is 0 Å². The zero-order valence-corrected chi connectivity index (χ0v) is 12.4. The maximum Gasteiger partial charge on any atom is 0.224 e. The van der Waals surface area contributed by atoms with Gasteiger partial charge in [0.25, 0.3) is 0 Å². The van der Waals surface area contributed by atoms with Gasteiger partial charge in [-0.1, -0.05) is 0 Å². The van der Waals surface area contributed by atoms with Crippen LogP contribution in [-0.4, -0.2) is 23.2 Å². The van der Waals surface area contributed by atoms with Crippen LogP contribution < -0.4 is 14.8 Å². The average molecular weight is 312 g/mol. The summed E-state index contributed by atoms with van der Waals surface area (Å²) in [6, 6.07) is 5.24. The van der Waals surface area contributed by atoms with E-state index < -0.39 is 5.82 Å². The lowest BCUT2D eigenvalue weighted by Crippen LogP contribution is -2.03. The van der Waals surface area contributed by atoms with E-state index in [1.54, 1.807) is 18.2 Å². The van der Waals surface area contributed by atoms with Crippen LogP contribution in [0.5, 0.6) is 11.5 Å². The highest BCUT2D eigenvalue weighted by Gasteiger charge is 2.11. The van der Waals surface area contributed by atoms with Crippen LogP contribution in [0.2, 0.25) is 5.28 Å². The van der Waals surface area contributed by atoms with Crippen molar-refractivity contribution >= 4 is 23.1 Å². The highest BCUT2D eigenvalue weighted by atomic mass is 35.5. The molecule has 2 rings (SSSR count). The molecule has 7 heteroatoms. The Morgan fingerprint density at radius 2 is 2.00 bits per heavy atom. The van der Waals surface area contributed by atoms with Gasteiger partial charge in [-0.15, -0.1) is 0 Å². The topological polar surface area (TPSA) is 56.3 Å². The zero-order chi connectivity index (χ0) is 15.2. The van der Waals surface area contributed by atoms with Gasteiger partial charge in [-0.25, -0.2) is 9.37 Å². The summed E-state index contributed by atoms with van der Waals surface area (Å²) in [5.74, 6) is 0.576. The number of aromatic nitrogens is 2. The van der Waals surface area contributed by atoms with Gasteiger partial charge in [0, 0.05) is 6.07 Å². The number of benzene rings is 1. The van der Waals surface area contributed by atoms with Gasteiger partial charge >= 0.3 is 0 Å². The van der Waals surface area contributed by atoms with Gasteiger partial charge in [0.2, 0.25) is 5.28 Å². The summed E-state index contributed by atoms with van der Waals surface area (Å²) in [5, 5.41) is 2.81. The molecule has 2 aromatic rings. The fraction of sp³-hybridized carbons (Fsp3) is 0.286. The number of rotatable bonds is 6. The normalized spacial score (nSPS) is 10.3. The minimum Gasteiger partial charge on any atom is -0.494 e. The molecule has 0 aliphatic carbocycles. The molecule has 0 unspecified atom stereocenters. The van der Waals surface area contributed by atoms with Crippen LogP contribution in [-0.2, 0) is 0 Å². The predicted molar refractivity (Wildman–Crippen MR) is 79.1 cm³/mol. The molecule has 5 nitrogen and oxygen atoms in total. The molecule has 0 spiro atoms. The molecule has 0 saturated heterocycles. The van der Waals surface area contributed by atoms with Crippen molar-refractivity contribution in [3.8, 4) is 11.5 Å². The lowest BCUT2D eigenvalue weighted by molar-refractivity contribution is 0.332. The third-order valence-corrected chi connectivity index (χ3v) is 2.71. The Labute approximate surface area is 127 Å². The van der Waals surface area contributed by atoms with E-state index in [1.165, 1.54) is 0 Å². The smallest absolute Gasteiger partial charge is 0.224 e. The molecular formula is C14H15ClFN3O2. The molecule has 112 valence electrons. The second-order valence-corrected chi connectivity index (χ2v) is 4.32. The standard InChI is InChI=1S/C14H15ClFN3O2/c1-3-20-9-5-6-12(21-4-2)11(7-9)18-13-10(16)8-17-14(15)19-13/h5-8H,3-4H2,1-2H3,(H,17,18,19). The fourth-order valence-corrected chi connectivity index (χ4v) is 1.84. The molecular weight excluding hydrogens is 297 g/mol. The van der Waals surface area contributed by atoms with Gasteiger partial charge < -0.3 is 14.8 Å². The summed E-state index contributed by atoms with van der Waals surface area (Å²) in [7, 11) is 0. The first-order valence-corrected chi connectivity index (χ1v) is 6.86. The molecule has 0 fully saturated rings. The number of hydrogen-bond donors (Lipinski definition) is 1. The fourth-order valence-electron chi connectivity index (χ4n) is 1.71. The number of nitrogens with zero attached hydrogens (tertiary/aromatic N) is 2. The van der Waals surface area contributed by atoms with Crippen molar-refractivity contribution < 1.29 is 13.9 Å². The van der Waals surface area contributed by atoms with Crippen molar-refractivity contribution in [3.05, 3.63) is 35.5 Å². The quantitative estimate of drug-likeness (QED) is 0.822. The summed E-state index contributed by atoms with van der Waals surface area (Å²) < 4.78 is 24.6. The molecule has 0 aliphatic rings. The zero-order valence-electron chi connectivity index (χ0n) is 11.7. The highest BCUT2D eigenvalue weighted by molar-refractivity contribution is 6.28. The van der Waals surface area contributed by atoms with Crippen molar-refractivity contribution in [2.45, 2.75) is 13.8 Å². The van der Waals surface area contributed by atoms with Crippen molar-refractivity contribution in [1.29, 1.82) is 0 Å². The molecule has 0 radical (unpaired) electrons. The Balaban J connectivity index is 2.35. The summed E-state index contributed by atoms with van der Waals surface area (Å²) in [6.07, 6.45) is 1.00. The summed E-state index contributed by atoms with van der Waals surface area (Å²) in [5.41, 5.74) is 0.538. The number of ether oxygens (including phenoxy) is 2. The first-order valence-electron chi connectivity index (χ1n) is 6.48.